The third-order valence-electron chi connectivity index (χ3n) is 4.48. The van der Waals surface area contributed by atoms with Crippen LogP contribution in [0.4, 0.5) is 0 Å². The number of hydrogen-bond donors (Lipinski definition) is 2. The number of pyridine rings is 1. The highest BCUT2D eigenvalue weighted by molar-refractivity contribution is 5.61. The van der Waals surface area contributed by atoms with E-state index in [4.69, 9.17) is 4.74 Å². The summed E-state index contributed by atoms with van der Waals surface area (Å²) in [5.74, 6) is 0.518. The number of benzene rings is 1. The summed E-state index contributed by atoms with van der Waals surface area (Å²) in [6.45, 7) is 3.52. The molecule has 0 radical (unpaired) electrons. The Morgan fingerprint density at radius 3 is 2.70 bits per heavy atom. The fourth-order valence-corrected chi connectivity index (χ4v) is 3.20. The number of aliphatic hydroxyl groups excluding tert-OH is 1. The molecular weight excluding hydrogens is 292 g/mol. The molecule has 0 bridgehead atoms. The van der Waals surface area contributed by atoms with Gasteiger partial charge in [0.1, 0.15) is 11.7 Å². The third kappa shape index (κ3) is 2.04. The monoisotopic (exact) mass is 310 g/mol. The Labute approximate surface area is 133 Å². The number of fused-ring (bicyclic) bond motifs is 3. The molecule has 23 heavy (non-hydrogen) atoms. The van der Waals surface area contributed by atoms with Gasteiger partial charge in [-0.25, -0.2) is 4.98 Å². The first-order valence-electron chi connectivity index (χ1n) is 7.59. The molecular formula is C18H18N2O3. The van der Waals surface area contributed by atoms with Crippen molar-refractivity contribution in [2.24, 2.45) is 0 Å². The molecule has 5 nitrogen and oxygen atoms in total. The van der Waals surface area contributed by atoms with Gasteiger partial charge in [-0.15, -0.1) is 0 Å². The van der Waals surface area contributed by atoms with E-state index in [1.54, 1.807) is 13.0 Å². The molecule has 2 N–H and O–H groups in total. The molecule has 3 heterocycles. The van der Waals surface area contributed by atoms with Crippen molar-refractivity contribution in [2.45, 2.75) is 31.7 Å². The lowest BCUT2D eigenvalue weighted by molar-refractivity contribution is -0.131. The number of nitrogens with zero attached hydrogens (tertiary/aromatic N) is 2. The third-order valence-corrected chi connectivity index (χ3v) is 4.48. The molecule has 3 aromatic rings. The predicted octanol–water partition coefficient (Wildman–Crippen LogP) is 2.34. The number of aromatic nitrogens is 2. The molecule has 5 heteroatoms. The average Bonchev–Trinajstić information content (AvgIpc) is 2.92. The molecule has 4 rings (SSSR count). The van der Waals surface area contributed by atoms with E-state index in [1.165, 1.54) is 0 Å². The summed E-state index contributed by atoms with van der Waals surface area (Å²) < 4.78 is 7.96. The van der Waals surface area contributed by atoms with E-state index in [-0.39, 0.29) is 0 Å². The number of hydrogen-bond acceptors (Lipinski definition) is 4. The normalized spacial score (nSPS) is 26.8. The van der Waals surface area contributed by atoms with Gasteiger partial charge in [-0.1, -0.05) is 30.3 Å². The van der Waals surface area contributed by atoms with E-state index in [0.717, 1.165) is 11.3 Å². The lowest BCUT2D eigenvalue weighted by atomic mass is 9.82. The van der Waals surface area contributed by atoms with Gasteiger partial charge in [0, 0.05) is 18.0 Å². The van der Waals surface area contributed by atoms with Crippen molar-refractivity contribution in [3.8, 4) is 5.75 Å². The van der Waals surface area contributed by atoms with Crippen LogP contribution in [0, 0.1) is 6.92 Å². The van der Waals surface area contributed by atoms with Crippen molar-refractivity contribution in [2.75, 3.05) is 0 Å². The molecule has 0 fully saturated rings. The largest absolute Gasteiger partial charge is 0.479 e. The summed E-state index contributed by atoms with van der Waals surface area (Å²) >= 11 is 0. The van der Waals surface area contributed by atoms with Crippen LogP contribution in [0.25, 0.3) is 5.65 Å². The van der Waals surface area contributed by atoms with E-state index >= 15 is 0 Å². The summed E-state index contributed by atoms with van der Waals surface area (Å²) in [7, 11) is 0. The van der Waals surface area contributed by atoms with E-state index in [1.807, 2.05) is 54.0 Å². The summed E-state index contributed by atoms with van der Waals surface area (Å²) in [6.07, 6.45) is 2.00. The topological polar surface area (TPSA) is 67.0 Å². The van der Waals surface area contributed by atoms with Gasteiger partial charge in [0.2, 0.25) is 0 Å². The Bertz CT molecular complexity index is 871. The fourth-order valence-electron chi connectivity index (χ4n) is 3.20. The second kappa shape index (κ2) is 4.81. The maximum absolute atomic E-state index is 10.9. The first-order chi connectivity index (χ1) is 11.0. The van der Waals surface area contributed by atoms with E-state index in [9.17, 15) is 10.2 Å². The highest BCUT2D eigenvalue weighted by Crippen LogP contribution is 2.46. The van der Waals surface area contributed by atoms with Crippen LogP contribution in [0.15, 0.2) is 48.8 Å². The molecule has 0 saturated carbocycles. The van der Waals surface area contributed by atoms with Gasteiger partial charge in [-0.2, -0.15) is 0 Å². The van der Waals surface area contributed by atoms with Gasteiger partial charge in [0.15, 0.2) is 17.5 Å². The van der Waals surface area contributed by atoms with Gasteiger partial charge in [-0.05, 0) is 25.5 Å². The second-order valence-electron chi connectivity index (χ2n) is 6.21. The molecule has 0 spiro atoms. The lowest BCUT2D eigenvalue weighted by Crippen LogP contribution is -2.46. The smallest absolute Gasteiger partial charge is 0.180 e. The number of rotatable bonds is 1. The van der Waals surface area contributed by atoms with Crippen molar-refractivity contribution in [1.82, 2.24) is 9.38 Å². The lowest BCUT2D eigenvalue weighted by Gasteiger charge is -2.41. The SMILES string of the molecule is Cc1cn2ccc3c(c2n1)O[C@H](c1ccccc1)[C@@H](O)[C@@]3(C)O. The molecule has 118 valence electrons. The van der Waals surface area contributed by atoms with E-state index in [2.05, 4.69) is 4.98 Å². The van der Waals surface area contributed by atoms with Crippen LogP contribution in [0.2, 0.25) is 0 Å². The molecule has 1 aromatic carbocycles. The van der Waals surface area contributed by atoms with Crippen molar-refractivity contribution >= 4 is 5.65 Å². The first kappa shape index (κ1) is 14.2. The standard InChI is InChI=1S/C18H18N2O3/c1-11-10-20-9-8-13-15(17(20)19-11)23-14(16(21)18(13,2)22)12-6-4-3-5-7-12/h3-10,14,16,21-22H,1-2H3/t14-,16-,18+/m1/s1. The maximum atomic E-state index is 10.9. The average molecular weight is 310 g/mol. The van der Waals surface area contributed by atoms with Crippen LogP contribution in [-0.2, 0) is 5.60 Å². The Kier molecular flexibility index (Phi) is 2.98. The Balaban J connectivity index is 1.93. The molecule has 0 saturated heterocycles. The van der Waals surface area contributed by atoms with Crippen LogP contribution in [-0.4, -0.2) is 25.7 Å². The van der Waals surface area contributed by atoms with E-state index < -0.39 is 17.8 Å². The molecule has 1 aliphatic rings. The van der Waals surface area contributed by atoms with Crippen LogP contribution >= 0.6 is 0 Å². The zero-order chi connectivity index (χ0) is 16.2. The molecule has 0 amide bonds. The molecule has 2 aromatic heterocycles. The van der Waals surface area contributed by atoms with Crippen LogP contribution < -0.4 is 4.74 Å². The van der Waals surface area contributed by atoms with Crippen molar-refractivity contribution in [1.29, 1.82) is 0 Å². The fraction of sp³-hybridized carbons (Fsp3) is 0.278. The summed E-state index contributed by atoms with van der Waals surface area (Å²) in [4.78, 5) is 4.49. The number of aliphatic hydroxyl groups is 2. The highest BCUT2D eigenvalue weighted by atomic mass is 16.5. The minimum atomic E-state index is -1.42. The predicted molar refractivity (Wildman–Crippen MR) is 85.3 cm³/mol. The summed E-state index contributed by atoms with van der Waals surface area (Å²) in [6, 6.07) is 11.2. The minimum Gasteiger partial charge on any atom is -0.479 e. The van der Waals surface area contributed by atoms with Gasteiger partial charge in [0.25, 0.3) is 0 Å². The summed E-state index contributed by atoms with van der Waals surface area (Å²) in [5.41, 5.74) is 1.46. The van der Waals surface area contributed by atoms with Crippen molar-refractivity contribution in [3.05, 3.63) is 65.6 Å². The van der Waals surface area contributed by atoms with Crippen LogP contribution in [0.3, 0.4) is 0 Å². The summed E-state index contributed by atoms with van der Waals surface area (Å²) in [5, 5.41) is 21.6. The Hall–Kier alpha value is -2.37. The minimum absolute atomic E-state index is 0.518. The highest BCUT2D eigenvalue weighted by Gasteiger charge is 2.46. The van der Waals surface area contributed by atoms with Crippen LogP contribution in [0.1, 0.15) is 29.8 Å². The van der Waals surface area contributed by atoms with Gasteiger partial charge < -0.3 is 19.4 Å². The molecule has 0 aliphatic carbocycles. The Morgan fingerprint density at radius 1 is 1.22 bits per heavy atom. The second-order valence-corrected chi connectivity index (χ2v) is 6.21. The molecule has 3 atom stereocenters. The van der Waals surface area contributed by atoms with Gasteiger partial charge in [-0.3, -0.25) is 0 Å². The van der Waals surface area contributed by atoms with Crippen molar-refractivity contribution in [3.63, 3.8) is 0 Å². The van der Waals surface area contributed by atoms with E-state index in [0.29, 0.717) is 17.0 Å². The van der Waals surface area contributed by atoms with Crippen LogP contribution in [0.5, 0.6) is 5.75 Å². The number of ether oxygens (including phenoxy) is 1. The first-order valence-corrected chi connectivity index (χ1v) is 7.59. The number of aryl methyl sites for hydroxylation is 1. The zero-order valence-electron chi connectivity index (χ0n) is 13.0. The van der Waals surface area contributed by atoms with Gasteiger partial charge in [0.05, 0.1) is 5.69 Å². The quantitative estimate of drug-likeness (QED) is 0.724. The molecule has 1 aliphatic heterocycles. The Morgan fingerprint density at radius 2 is 1.96 bits per heavy atom. The molecule has 0 unspecified atom stereocenters. The number of imidazole rings is 1. The van der Waals surface area contributed by atoms with Gasteiger partial charge >= 0.3 is 0 Å². The zero-order valence-corrected chi connectivity index (χ0v) is 13.0. The maximum Gasteiger partial charge on any atom is 0.180 e. The van der Waals surface area contributed by atoms with Crippen molar-refractivity contribution < 1.29 is 14.9 Å².